The predicted molar refractivity (Wildman–Crippen MR) is 85.6 cm³/mol. The molecule has 20 heavy (non-hydrogen) atoms. The topological polar surface area (TPSA) is 21.6 Å². The van der Waals surface area contributed by atoms with E-state index in [2.05, 4.69) is 30.3 Å². The van der Waals surface area contributed by atoms with Crippen LogP contribution in [0.2, 0.25) is 0 Å². The number of para-hydroxylation sites is 1. The SMILES string of the molecule is CC(C)Oc1ccc(C2=Nc3ccccc3SC2)cc1. The molecule has 2 aromatic rings. The van der Waals surface area contributed by atoms with Crippen molar-refractivity contribution in [1.29, 1.82) is 0 Å². The van der Waals surface area contributed by atoms with Crippen LogP contribution in [0.5, 0.6) is 5.75 Å². The van der Waals surface area contributed by atoms with Crippen LogP contribution in [0.25, 0.3) is 0 Å². The molecule has 0 saturated carbocycles. The third-order valence-electron chi connectivity index (χ3n) is 3.04. The van der Waals surface area contributed by atoms with Crippen molar-refractivity contribution in [3.05, 3.63) is 54.1 Å². The van der Waals surface area contributed by atoms with Crippen LogP contribution in [0.1, 0.15) is 19.4 Å². The average Bonchev–Trinajstić information content (AvgIpc) is 2.47. The molecule has 3 rings (SSSR count). The van der Waals surface area contributed by atoms with Gasteiger partial charge in [0.25, 0.3) is 0 Å². The average molecular weight is 283 g/mol. The van der Waals surface area contributed by atoms with Gasteiger partial charge in [-0.3, -0.25) is 4.99 Å². The summed E-state index contributed by atoms with van der Waals surface area (Å²) >= 11 is 1.84. The number of nitrogens with zero attached hydrogens (tertiary/aromatic N) is 1. The van der Waals surface area contributed by atoms with Gasteiger partial charge < -0.3 is 4.74 Å². The lowest BCUT2D eigenvalue weighted by Crippen LogP contribution is -2.08. The van der Waals surface area contributed by atoms with Crippen molar-refractivity contribution in [2.45, 2.75) is 24.8 Å². The maximum Gasteiger partial charge on any atom is 0.119 e. The van der Waals surface area contributed by atoms with Gasteiger partial charge in [-0.25, -0.2) is 0 Å². The van der Waals surface area contributed by atoms with Crippen LogP contribution < -0.4 is 4.74 Å². The molecule has 2 nitrogen and oxygen atoms in total. The van der Waals surface area contributed by atoms with E-state index >= 15 is 0 Å². The van der Waals surface area contributed by atoms with E-state index in [-0.39, 0.29) is 6.10 Å². The largest absolute Gasteiger partial charge is 0.491 e. The molecule has 0 aromatic heterocycles. The minimum atomic E-state index is 0.204. The fourth-order valence-electron chi connectivity index (χ4n) is 2.14. The van der Waals surface area contributed by atoms with E-state index in [1.165, 1.54) is 10.5 Å². The Hall–Kier alpha value is -1.74. The van der Waals surface area contributed by atoms with Crippen LogP contribution >= 0.6 is 11.8 Å². The molecule has 0 amide bonds. The van der Waals surface area contributed by atoms with Gasteiger partial charge in [-0.15, -0.1) is 11.8 Å². The summed E-state index contributed by atoms with van der Waals surface area (Å²) in [6, 6.07) is 16.5. The highest BCUT2D eigenvalue weighted by Gasteiger charge is 2.13. The quantitative estimate of drug-likeness (QED) is 0.814. The Bertz CT molecular complexity index is 632. The predicted octanol–water partition coefficient (Wildman–Crippen LogP) is 4.70. The molecule has 0 fully saturated rings. The summed E-state index contributed by atoms with van der Waals surface area (Å²) in [6.07, 6.45) is 0.204. The van der Waals surface area contributed by atoms with Crippen molar-refractivity contribution in [1.82, 2.24) is 0 Å². The number of thioether (sulfide) groups is 1. The first kappa shape index (κ1) is 13.3. The molecule has 3 heteroatoms. The molecule has 102 valence electrons. The number of rotatable bonds is 3. The lowest BCUT2D eigenvalue weighted by molar-refractivity contribution is 0.242. The fourth-order valence-corrected chi connectivity index (χ4v) is 3.10. The van der Waals surface area contributed by atoms with Gasteiger partial charge in [0.15, 0.2) is 0 Å². The van der Waals surface area contributed by atoms with E-state index in [1.54, 1.807) is 0 Å². The van der Waals surface area contributed by atoms with E-state index in [0.29, 0.717) is 0 Å². The Morgan fingerprint density at radius 3 is 2.55 bits per heavy atom. The van der Waals surface area contributed by atoms with Crippen molar-refractivity contribution in [2.24, 2.45) is 4.99 Å². The molecule has 1 heterocycles. The summed E-state index contributed by atoms with van der Waals surface area (Å²) in [5.74, 6) is 1.83. The van der Waals surface area contributed by atoms with Gasteiger partial charge >= 0.3 is 0 Å². The smallest absolute Gasteiger partial charge is 0.119 e. The molecule has 0 radical (unpaired) electrons. The number of hydrogen-bond acceptors (Lipinski definition) is 3. The molecule has 1 aliphatic rings. The highest BCUT2D eigenvalue weighted by Crippen LogP contribution is 2.34. The summed E-state index contributed by atoms with van der Waals surface area (Å²) in [5, 5.41) is 0. The Morgan fingerprint density at radius 1 is 1.05 bits per heavy atom. The van der Waals surface area contributed by atoms with E-state index in [0.717, 1.165) is 22.9 Å². The van der Waals surface area contributed by atoms with Crippen molar-refractivity contribution in [3.63, 3.8) is 0 Å². The number of benzene rings is 2. The molecule has 0 aliphatic carbocycles. The number of hydrogen-bond donors (Lipinski definition) is 0. The van der Waals surface area contributed by atoms with Crippen LogP contribution in [0.3, 0.4) is 0 Å². The third kappa shape index (κ3) is 2.88. The van der Waals surface area contributed by atoms with Gasteiger partial charge in [0, 0.05) is 10.6 Å². The second-order valence-corrected chi connectivity index (χ2v) is 6.02. The summed E-state index contributed by atoms with van der Waals surface area (Å²) in [6.45, 7) is 4.07. The van der Waals surface area contributed by atoms with Crippen LogP contribution in [0, 0.1) is 0 Å². The first-order valence-electron chi connectivity index (χ1n) is 6.79. The van der Waals surface area contributed by atoms with E-state index in [1.807, 2.05) is 43.8 Å². The minimum Gasteiger partial charge on any atom is -0.491 e. The lowest BCUT2D eigenvalue weighted by Gasteiger charge is -2.15. The second-order valence-electron chi connectivity index (χ2n) is 5.01. The minimum absolute atomic E-state index is 0.204. The summed E-state index contributed by atoms with van der Waals surface area (Å²) < 4.78 is 5.67. The van der Waals surface area contributed by atoms with Gasteiger partial charge in [-0.2, -0.15) is 0 Å². The lowest BCUT2D eigenvalue weighted by atomic mass is 10.1. The van der Waals surface area contributed by atoms with E-state index < -0.39 is 0 Å². The molecule has 0 bridgehead atoms. The highest BCUT2D eigenvalue weighted by atomic mass is 32.2. The highest BCUT2D eigenvalue weighted by molar-refractivity contribution is 8.00. The maximum absolute atomic E-state index is 5.67. The monoisotopic (exact) mass is 283 g/mol. The van der Waals surface area contributed by atoms with Crippen LogP contribution in [0.15, 0.2) is 58.4 Å². The van der Waals surface area contributed by atoms with E-state index in [4.69, 9.17) is 9.73 Å². The van der Waals surface area contributed by atoms with Crippen molar-refractivity contribution >= 4 is 23.2 Å². The molecular weight excluding hydrogens is 266 g/mol. The molecule has 0 unspecified atom stereocenters. The fraction of sp³-hybridized carbons (Fsp3) is 0.235. The summed E-state index contributed by atoms with van der Waals surface area (Å²) in [4.78, 5) is 6.02. The Morgan fingerprint density at radius 2 is 1.80 bits per heavy atom. The summed E-state index contributed by atoms with van der Waals surface area (Å²) in [7, 11) is 0. The van der Waals surface area contributed by atoms with Crippen LogP contribution in [0.4, 0.5) is 5.69 Å². The van der Waals surface area contributed by atoms with Crippen LogP contribution in [-0.2, 0) is 0 Å². The maximum atomic E-state index is 5.67. The molecule has 1 aliphatic heterocycles. The Kier molecular flexibility index (Phi) is 3.79. The van der Waals surface area contributed by atoms with Gasteiger partial charge in [-0.05, 0) is 55.8 Å². The summed E-state index contributed by atoms with van der Waals surface area (Å²) in [5.41, 5.74) is 3.37. The van der Waals surface area contributed by atoms with Crippen LogP contribution in [-0.4, -0.2) is 17.6 Å². The van der Waals surface area contributed by atoms with Gasteiger partial charge in [-0.1, -0.05) is 12.1 Å². The zero-order chi connectivity index (χ0) is 13.9. The molecule has 0 saturated heterocycles. The van der Waals surface area contributed by atoms with Crippen molar-refractivity contribution in [3.8, 4) is 5.75 Å². The third-order valence-corrected chi connectivity index (χ3v) is 4.12. The zero-order valence-electron chi connectivity index (χ0n) is 11.7. The molecular formula is C17H17NOS. The molecule has 2 aromatic carbocycles. The zero-order valence-corrected chi connectivity index (χ0v) is 12.5. The number of ether oxygens (including phenoxy) is 1. The standard InChI is InChI=1S/C17H17NOS/c1-12(2)19-14-9-7-13(8-10-14)16-11-20-17-6-4-3-5-15(17)18-16/h3-10,12H,11H2,1-2H3. The van der Waals surface area contributed by atoms with Gasteiger partial charge in [0.1, 0.15) is 5.75 Å². The van der Waals surface area contributed by atoms with Crippen molar-refractivity contribution < 1.29 is 4.74 Å². The number of fused-ring (bicyclic) bond motifs is 1. The Balaban J connectivity index is 1.85. The van der Waals surface area contributed by atoms with Crippen molar-refractivity contribution in [2.75, 3.05) is 5.75 Å². The Labute approximate surface area is 123 Å². The normalized spacial score (nSPS) is 13.8. The first-order valence-corrected chi connectivity index (χ1v) is 7.77. The molecule has 0 atom stereocenters. The number of aliphatic imine (C=N–C) groups is 1. The van der Waals surface area contributed by atoms with Gasteiger partial charge in [0.05, 0.1) is 17.5 Å². The second kappa shape index (κ2) is 5.71. The van der Waals surface area contributed by atoms with Gasteiger partial charge in [0.2, 0.25) is 0 Å². The van der Waals surface area contributed by atoms with E-state index in [9.17, 15) is 0 Å². The molecule has 0 N–H and O–H groups in total. The molecule has 0 spiro atoms. The first-order chi connectivity index (χ1) is 9.72.